The van der Waals surface area contributed by atoms with Gasteiger partial charge in [0.05, 0.1) is 10.3 Å². The molecule has 3 heterocycles. The molecular formula is C17H24N4O2S. The number of aromatic nitrogens is 2. The summed E-state index contributed by atoms with van der Waals surface area (Å²) in [4.78, 5) is 31.4. The molecule has 130 valence electrons. The summed E-state index contributed by atoms with van der Waals surface area (Å²) in [7, 11) is 0. The molecule has 0 aliphatic carbocycles. The summed E-state index contributed by atoms with van der Waals surface area (Å²) in [6.07, 6.45) is 4.00. The maximum Gasteiger partial charge on any atom is 0.262 e. The third-order valence-corrected chi connectivity index (χ3v) is 5.76. The van der Waals surface area contributed by atoms with Crippen LogP contribution in [0.1, 0.15) is 54.2 Å². The molecule has 2 aromatic rings. The predicted molar refractivity (Wildman–Crippen MR) is 96.8 cm³/mol. The van der Waals surface area contributed by atoms with Gasteiger partial charge in [0.15, 0.2) is 0 Å². The number of carbonyl (C=O) groups excluding carboxylic acids is 1. The molecule has 0 atom stereocenters. The lowest BCUT2D eigenvalue weighted by Gasteiger charge is -2.23. The predicted octanol–water partition coefficient (Wildman–Crippen LogP) is 1.96. The van der Waals surface area contributed by atoms with Crippen LogP contribution < -0.4 is 16.6 Å². The molecule has 1 amide bonds. The number of amides is 1. The van der Waals surface area contributed by atoms with Crippen molar-refractivity contribution in [3.8, 4) is 0 Å². The van der Waals surface area contributed by atoms with Crippen molar-refractivity contribution in [3.05, 3.63) is 26.6 Å². The Morgan fingerprint density at radius 2 is 2.12 bits per heavy atom. The lowest BCUT2D eigenvalue weighted by atomic mass is 10.1. The van der Waals surface area contributed by atoms with Crippen LogP contribution in [0.5, 0.6) is 0 Å². The van der Waals surface area contributed by atoms with Gasteiger partial charge < -0.3 is 11.1 Å². The molecule has 3 rings (SSSR count). The molecule has 0 aromatic carbocycles. The van der Waals surface area contributed by atoms with Crippen molar-refractivity contribution in [1.29, 1.82) is 0 Å². The number of fused-ring (bicyclic) bond motifs is 2. The Morgan fingerprint density at radius 1 is 1.38 bits per heavy atom. The second-order valence-corrected chi connectivity index (χ2v) is 8.07. The Hall–Kier alpha value is -1.73. The van der Waals surface area contributed by atoms with Gasteiger partial charge in [-0.25, -0.2) is 4.98 Å². The Kier molecular flexibility index (Phi) is 4.48. The minimum Gasteiger partial charge on any atom is -0.345 e. The molecule has 0 saturated heterocycles. The number of carbonyl (C=O) groups is 1. The Morgan fingerprint density at radius 3 is 2.83 bits per heavy atom. The van der Waals surface area contributed by atoms with Gasteiger partial charge in [0, 0.05) is 25.0 Å². The first kappa shape index (κ1) is 17.1. The van der Waals surface area contributed by atoms with Crippen LogP contribution in [-0.4, -0.2) is 27.5 Å². The molecular weight excluding hydrogens is 324 g/mol. The van der Waals surface area contributed by atoms with Crippen LogP contribution >= 0.6 is 11.3 Å². The van der Waals surface area contributed by atoms with Gasteiger partial charge in [-0.3, -0.25) is 14.2 Å². The number of nitrogens with two attached hydrogens (primary N) is 1. The average Bonchev–Trinajstić information content (AvgIpc) is 2.71. The zero-order chi connectivity index (χ0) is 17.5. The summed E-state index contributed by atoms with van der Waals surface area (Å²) < 4.78 is 1.79. The standard InChI is InChI=1S/C17H24N4O2S/c1-10-12-15(24-13(10)14(22)20-17(2,3)9-18)19-11-7-5-4-6-8-21(11)16(12)23/h4-9,18H2,1-3H3,(H,20,22). The van der Waals surface area contributed by atoms with Gasteiger partial charge in [-0.15, -0.1) is 11.3 Å². The first-order chi connectivity index (χ1) is 11.3. The summed E-state index contributed by atoms with van der Waals surface area (Å²) >= 11 is 1.30. The van der Waals surface area contributed by atoms with Gasteiger partial charge in [-0.2, -0.15) is 0 Å². The molecule has 1 aliphatic heterocycles. The van der Waals surface area contributed by atoms with Crippen LogP contribution in [-0.2, 0) is 13.0 Å². The first-order valence-electron chi connectivity index (χ1n) is 8.39. The highest BCUT2D eigenvalue weighted by atomic mass is 32.1. The van der Waals surface area contributed by atoms with Crippen LogP contribution in [0, 0.1) is 6.92 Å². The molecule has 0 radical (unpaired) electrons. The van der Waals surface area contributed by atoms with E-state index in [4.69, 9.17) is 10.7 Å². The van der Waals surface area contributed by atoms with Crippen molar-refractivity contribution in [2.24, 2.45) is 5.73 Å². The molecule has 2 aromatic heterocycles. The monoisotopic (exact) mass is 348 g/mol. The van der Waals surface area contributed by atoms with Crippen molar-refractivity contribution < 1.29 is 4.79 Å². The van der Waals surface area contributed by atoms with E-state index in [0.29, 0.717) is 28.2 Å². The van der Waals surface area contributed by atoms with E-state index in [-0.39, 0.29) is 11.5 Å². The largest absolute Gasteiger partial charge is 0.345 e. The third-order valence-electron chi connectivity index (χ3n) is 4.58. The fourth-order valence-corrected chi connectivity index (χ4v) is 4.13. The normalized spacial score (nSPS) is 15.2. The zero-order valence-electron chi connectivity index (χ0n) is 14.4. The smallest absolute Gasteiger partial charge is 0.262 e. The van der Waals surface area contributed by atoms with E-state index in [1.54, 1.807) is 4.57 Å². The summed E-state index contributed by atoms with van der Waals surface area (Å²) in [6.45, 7) is 6.65. The summed E-state index contributed by atoms with van der Waals surface area (Å²) in [5.74, 6) is 0.658. The fraction of sp³-hybridized carbons (Fsp3) is 0.588. The average molecular weight is 348 g/mol. The molecule has 0 saturated carbocycles. The van der Waals surface area contributed by atoms with Gasteiger partial charge in [0.2, 0.25) is 0 Å². The van der Waals surface area contributed by atoms with E-state index >= 15 is 0 Å². The maximum absolute atomic E-state index is 12.9. The van der Waals surface area contributed by atoms with Crippen LogP contribution in [0.3, 0.4) is 0 Å². The lowest BCUT2D eigenvalue weighted by Crippen LogP contribution is -2.48. The van der Waals surface area contributed by atoms with Gasteiger partial charge in [-0.05, 0) is 39.2 Å². The quantitative estimate of drug-likeness (QED) is 0.887. The highest BCUT2D eigenvalue weighted by Crippen LogP contribution is 2.28. The van der Waals surface area contributed by atoms with Gasteiger partial charge in [0.25, 0.3) is 11.5 Å². The maximum atomic E-state index is 12.9. The molecule has 3 N–H and O–H groups in total. The van der Waals surface area contributed by atoms with Crippen LogP contribution in [0.15, 0.2) is 4.79 Å². The second-order valence-electron chi connectivity index (χ2n) is 7.07. The van der Waals surface area contributed by atoms with E-state index in [1.807, 2.05) is 20.8 Å². The number of nitrogens with zero attached hydrogens (tertiary/aromatic N) is 2. The molecule has 0 unspecified atom stereocenters. The Balaban J connectivity index is 2.10. The first-order valence-corrected chi connectivity index (χ1v) is 9.21. The topological polar surface area (TPSA) is 90.0 Å². The third kappa shape index (κ3) is 2.98. The minimum atomic E-state index is -0.487. The molecule has 6 nitrogen and oxygen atoms in total. The molecule has 0 bridgehead atoms. The number of hydrogen-bond acceptors (Lipinski definition) is 5. The molecule has 7 heteroatoms. The van der Waals surface area contributed by atoms with Crippen LogP contribution in [0.4, 0.5) is 0 Å². The Labute approximate surface area is 145 Å². The van der Waals surface area contributed by atoms with Crippen molar-refractivity contribution >= 4 is 27.5 Å². The molecule has 0 fully saturated rings. The number of thiophene rings is 1. The molecule has 24 heavy (non-hydrogen) atoms. The highest BCUT2D eigenvalue weighted by Gasteiger charge is 2.25. The van der Waals surface area contributed by atoms with Crippen molar-refractivity contribution in [1.82, 2.24) is 14.9 Å². The van der Waals surface area contributed by atoms with Crippen LogP contribution in [0.2, 0.25) is 0 Å². The fourth-order valence-electron chi connectivity index (χ4n) is 3.04. The summed E-state index contributed by atoms with van der Waals surface area (Å²) in [6, 6.07) is 0. The number of rotatable bonds is 3. The van der Waals surface area contributed by atoms with E-state index in [0.717, 1.165) is 37.1 Å². The van der Waals surface area contributed by atoms with E-state index in [9.17, 15) is 9.59 Å². The molecule has 0 spiro atoms. The van der Waals surface area contributed by atoms with Crippen molar-refractivity contribution in [2.75, 3.05) is 6.54 Å². The summed E-state index contributed by atoms with van der Waals surface area (Å²) in [5, 5.41) is 3.52. The van der Waals surface area contributed by atoms with E-state index < -0.39 is 5.54 Å². The van der Waals surface area contributed by atoms with Crippen LogP contribution in [0.25, 0.3) is 10.2 Å². The second kappa shape index (κ2) is 6.29. The van der Waals surface area contributed by atoms with E-state index in [1.165, 1.54) is 11.3 Å². The molecule has 1 aliphatic rings. The Bertz CT molecular complexity index is 850. The number of nitrogens with one attached hydrogen (secondary N) is 1. The zero-order valence-corrected chi connectivity index (χ0v) is 15.3. The highest BCUT2D eigenvalue weighted by molar-refractivity contribution is 7.20. The number of hydrogen-bond donors (Lipinski definition) is 2. The van der Waals surface area contributed by atoms with Gasteiger partial charge in [0.1, 0.15) is 10.7 Å². The van der Waals surface area contributed by atoms with Gasteiger partial charge >= 0.3 is 0 Å². The van der Waals surface area contributed by atoms with Crippen molar-refractivity contribution in [2.45, 2.75) is 58.5 Å². The van der Waals surface area contributed by atoms with E-state index in [2.05, 4.69) is 5.32 Å². The minimum absolute atomic E-state index is 0.0113. The summed E-state index contributed by atoms with van der Waals surface area (Å²) in [5.41, 5.74) is 5.91. The number of aryl methyl sites for hydroxylation is 2. The lowest BCUT2D eigenvalue weighted by molar-refractivity contribution is 0.0919. The van der Waals surface area contributed by atoms with Gasteiger partial charge in [-0.1, -0.05) is 6.42 Å². The van der Waals surface area contributed by atoms with Crippen molar-refractivity contribution in [3.63, 3.8) is 0 Å². The SMILES string of the molecule is Cc1c(C(=O)NC(C)(C)CN)sc2nc3n(c(=O)c12)CCCCC3.